The normalized spacial score (nSPS) is 11.9. The van der Waals surface area contributed by atoms with E-state index in [-0.39, 0.29) is 15.7 Å². The molecule has 1 aromatic heterocycles. The molecule has 1 heterocycles. The Morgan fingerprint density at radius 1 is 1.53 bits per heavy atom. The van der Waals surface area contributed by atoms with E-state index in [1.54, 1.807) is 0 Å². The van der Waals surface area contributed by atoms with Crippen molar-refractivity contribution in [2.45, 2.75) is 12.5 Å². The van der Waals surface area contributed by atoms with E-state index in [9.17, 15) is 9.59 Å². The number of aliphatic carboxylic acids is 1. The number of carbonyl (C=O) groups is 2. The number of hydrogen-bond acceptors (Lipinski definition) is 4. The molecule has 0 fully saturated rings. The molecular formula is C11H12Cl2N2O3S. The van der Waals surface area contributed by atoms with Crippen LogP contribution in [0.3, 0.4) is 0 Å². The van der Waals surface area contributed by atoms with Crippen LogP contribution in [0, 0.1) is 0 Å². The van der Waals surface area contributed by atoms with Crippen molar-refractivity contribution in [3.05, 3.63) is 28.0 Å². The van der Waals surface area contributed by atoms with E-state index in [0.717, 1.165) is 0 Å². The zero-order chi connectivity index (χ0) is 14.4. The smallest absolute Gasteiger partial charge is 0.326 e. The second-order valence-corrected chi connectivity index (χ2v) is 5.41. The molecule has 0 aliphatic carbocycles. The van der Waals surface area contributed by atoms with Gasteiger partial charge in [0.05, 0.1) is 10.6 Å². The number of pyridine rings is 1. The van der Waals surface area contributed by atoms with Gasteiger partial charge in [-0.3, -0.25) is 4.79 Å². The lowest BCUT2D eigenvalue weighted by Crippen LogP contribution is -2.41. The molecule has 0 spiro atoms. The quantitative estimate of drug-likeness (QED) is 0.786. The zero-order valence-electron chi connectivity index (χ0n) is 10.0. The summed E-state index contributed by atoms with van der Waals surface area (Å²) in [5.74, 6) is -1.04. The molecule has 8 heteroatoms. The van der Waals surface area contributed by atoms with Crippen LogP contribution < -0.4 is 5.32 Å². The molecule has 1 atom stereocenters. The summed E-state index contributed by atoms with van der Waals surface area (Å²) in [7, 11) is 0. The van der Waals surface area contributed by atoms with E-state index in [1.807, 2.05) is 6.26 Å². The Morgan fingerprint density at radius 2 is 2.21 bits per heavy atom. The Balaban J connectivity index is 2.81. The predicted molar refractivity (Wildman–Crippen MR) is 76.1 cm³/mol. The molecule has 5 nitrogen and oxygen atoms in total. The summed E-state index contributed by atoms with van der Waals surface area (Å²) in [6, 6.07) is 0.343. The maximum atomic E-state index is 11.9. The maximum absolute atomic E-state index is 11.9. The Bertz CT molecular complexity index is 485. The van der Waals surface area contributed by atoms with Crippen molar-refractivity contribution < 1.29 is 14.7 Å². The van der Waals surface area contributed by atoms with Crippen LogP contribution in [0.2, 0.25) is 10.2 Å². The zero-order valence-corrected chi connectivity index (χ0v) is 12.3. The van der Waals surface area contributed by atoms with Crippen molar-refractivity contribution in [1.82, 2.24) is 10.3 Å². The molecule has 0 radical (unpaired) electrons. The summed E-state index contributed by atoms with van der Waals surface area (Å²) < 4.78 is 0. The highest BCUT2D eigenvalue weighted by atomic mass is 35.5. The third-order valence-electron chi connectivity index (χ3n) is 2.28. The number of carboxylic acid groups (broad SMARTS) is 1. The first-order valence-corrected chi connectivity index (χ1v) is 7.44. The third kappa shape index (κ3) is 4.89. The van der Waals surface area contributed by atoms with Crippen molar-refractivity contribution in [2.24, 2.45) is 0 Å². The second-order valence-electron chi connectivity index (χ2n) is 3.63. The number of halogens is 2. The summed E-state index contributed by atoms with van der Waals surface area (Å²) in [4.78, 5) is 26.7. The number of nitrogens with one attached hydrogen (secondary N) is 1. The van der Waals surface area contributed by atoms with Crippen LogP contribution in [0.25, 0.3) is 0 Å². The van der Waals surface area contributed by atoms with Gasteiger partial charge in [-0.05, 0) is 24.5 Å². The van der Waals surface area contributed by atoms with E-state index in [1.165, 1.54) is 24.0 Å². The van der Waals surface area contributed by atoms with E-state index in [0.29, 0.717) is 12.2 Å². The highest BCUT2D eigenvalue weighted by Crippen LogP contribution is 2.18. The van der Waals surface area contributed by atoms with Gasteiger partial charge in [-0.25, -0.2) is 9.78 Å². The molecule has 0 aliphatic heterocycles. The van der Waals surface area contributed by atoms with Crippen LogP contribution >= 0.6 is 35.0 Å². The lowest BCUT2D eigenvalue weighted by Gasteiger charge is -2.14. The van der Waals surface area contributed by atoms with Gasteiger partial charge in [0.1, 0.15) is 11.2 Å². The standard InChI is InChI=1S/C11H12Cl2N2O3S/c1-19-3-2-8(11(17)18)15-10(16)6-4-9(13)14-5-7(6)12/h4-5,8H,2-3H2,1H3,(H,15,16)(H,17,18)/t8-/m1/s1. The number of carbonyl (C=O) groups excluding carboxylic acids is 1. The minimum absolute atomic E-state index is 0.108. The van der Waals surface area contributed by atoms with Crippen LogP contribution in [0.15, 0.2) is 12.3 Å². The second kappa shape index (κ2) is 7.57. The van der Waals surface area contributed by atoms with Crippen LogP contribution in [0.4, 0.5) is 0 Å². The Hall–Kier alpha value is -0.980. The predicted octanol–water partition coefficient (Wildman–Crippen LogP) is 2.32. The molecule has 0 bridgehead atoms. The lowest BCUT2D eigenvalue weighted by atomic mass is 10.2. The number of amides is 1. The molecule has 0 unspecified atom stereocenters. The van der Waals surface area contributed by atoms with E-state index >= 15 is 0 Å². The maximum Gasteiger partial charge on any atom is 0.326 e. The number of rotatable bonds is 6. The number of nitrogens with zero attached hydrogens (tertiary/aromatic N) is 1. The van der Waals surface area contributed by atoms with Crippen LogP contribution in [-0.2, 0) is 4.79 Å². The monoisotopic (exact) mass is 322 g/mol. The van der Waals surface area contributed by atoms with Gasteiger partial charge in [-0.2, -0.15) is 11.8 Å². The van der Waals surface area contributed by atoms with Gasteiger partial charge in [0.25, 0.3) is 5.91 Å². The topological polar surface area (TPSA) is 79.3 Å². The molecule has 0 saturated heterocycles. The van der Waals surface area contributed by atoms with Crippen molar-refractivity contribution in [2.75, 3.05) is 12.0 Å². The van der Waals surface area contributed by atoms with Crippen molar-refractivity contribution in [1.29, 1.82) is 0 Å². The van der Waals surface area contributed by atoms with Gasteiger partial charge in [0.2, 0.25) is 0 Å². The Labute approximate surface area is 124 Å². The summed E-state index contributed by atoms with van der Waals surface area (Å²) in [6.07, 6.45) is 3.44. The molecule has 0 saturated carbocycles. The van der Waals surface area contributed by atoms with Crippen LogP contribution in [-0.4, -0.2) is 40.0 Å². The fraction of sp³-hybridized carbons (Fsp3) is 0.364. The summed E-state index contributed by atoms with van der Waals surface area (Å²) in [6.45, 7) is 0. The average molecular weight is 323 g/mol. The Kier molecular flexibility index (Phi) is 6.41. The summed E-state index contributed by atoms with van der Waals surface area (Å²) in [5.41, 5.74) is 0.108. The first-order valence-electron chi connectivity index (χ1n) is 5.29. The van der Waals surface area contributed by atoms with E-state index in [4.69, 9.17) is 28.3 Å². The van der Waals surface area contributed by atoms with Crippen molar-refractivity contribution in [3.63, 3.8) is 0 Å². The number of aromatic nitrogens is 1. The molecule has 1 amide bonds. The third-order valence-corrected chi connectivity index (χ3v) is 3.43. The first kappa shape index (κ1) is 16.1. The lowest BCUT2D eigenvalue weighted by molar-refractivity contribution is -0.139. The largest absolute Gasteiger partial charge is 0.480 e. The van der Waals surface area contributed by atoms with Gasteiger partial charge in [-0.1, -0.05) is 23.2 Å². The highest BCUT2D eigenvalue weighted by molar-refractivity contribution is 7.98. The summed E-state index contributed by atoms with van der Waals surface area (Å²) >= 11 is 13.0. The molecule has 19 heavy (non-hydrogen) atoms. The Morgan fingerprint density at radius 3 is 2.79 bits per heavy atom. The molecule has 0 aromatic carbocycles. The number of thioether (sulfide) groups is 1. The van der Waals surface area contributed by atoms with E-state index in [2.05, 4.69) is 10.3 Å². The van der Waals surface area contributed by atoms with Gasteiger partial charge < -0.3 is 10.4 Å². The minimum Gasteiger partial charge on any atom is -0.480 e. The van der Waals surface area contributed by atoms with Gasteiger partial charge in [-0.15, -0.1) is 0 Å². The van der Waals surface area contributed by atoms with Gasteiger partial charge in [0.15, 0.2) is 0 Å². The average Bonchev–Trinajstić information content (AvgIpc) is 2.36. The van der Waals surface area contributed by atoms with E-state index < -0.39 is 17.9 Å². The molecule has 1 aromatic rings. The fourth-order valence-electron chi connectivity index (χ4n) is 1.32. The first-order chi connectivity index (χ1) is 8.95. The highest BCUT2D eigenvalue weighted by Gasteiger charge is 2.21. The van der Waals surface area contributed by atoms with Crippen molar-refractivity contribution >= 4 is 46.8 Å². The van der Waals surface area contributed by atoms with Gasteiger partial charge >= 0.3 is 5.97 Å². The molecular weight excluding hydrogens is 311 g/mol. The molecule has 104 valence electrons. The fourth-order valence-corrected chi connectivity index (χ4v) is 2.13. The van der Waals surface area contributed by atoms with Crippen LogP contribution in [0.1, 0.15) is 16.8 Å². The summed E-state index contributed by atoms with van der Waals surface area (Å²) in [5, 5.41) is 11.7. The minimum atomic E-state index is -1.08. The SMILES string of the molecule is CSCC[C@@H](NC(=O)c1cc(Cl)ncc1Cl)C(=O)O. The van der Waals surface area contributed by atoms with Gasteiger partial charge in [0, 0.05) is 6.20 Å². The molecule has 0 aliphatic rings. The van der Waals surface area contributed by atoms with Crippen molar-refractivity contribution in [3.8, 4) is 0 Å². The molecule has 1 rings (SSSR count). The number of carboxylic acids is 1. The van der Waals surface area contributed by atoms with Crippen LogP contribution in [0.5, 0.6) is 0 Å². The molecule has 2 N–H and O–H groups in total. The number of hydrogen-bond donors (Lipinski definition) is 2.